The molecule has 0 radical (unpaired) electrons. The number of carbonyl (C=O) groups excluding carboxylic acids is 2. The summed E-state index contributed by atoms with van der Waals surface area (Å²) in [4.78, 5) is 26.7. The number of amides is 2. The fourth-order valence-corrected chi connectivity index (χ4v) is 2.03. The maximum atomic E-state index is 12.0. The smallest absolute Gasteiger partial charge is 0.236 e. The van der Waals surface area contributed by atoms with Crippen molar-refractivity contribution >= 4 is 11.8 Å². The van der Waals surface area contributed by atoms with Crippen LogP contribution < -0.4 is 5.32 Å². The quantitative estimate of drug-likeness (QED) is 0.831. The van der Waals surface area contributed by atoms with Crippen LogP contribution in [0, 0.1) is 6.92 Å². The molecule has 1 aromatic rings. The molecule has 104 valence electrons. The zero-order valence-electron chi connectivity index (χ0n) is 11.3. The molecule has 2 amide bonds. The summed E-state index contributed by atoms with van der Waals surface area (Å²) in [5.41, 5.74) is 0. The molecule has 0 unspecified atom stereocenters. The summed E-state index contributed by atoms with van der Waals surface area (Å²) in [6, 6.07) is 3.75. The molecule has 6 heteroatoms. The van der Waals surface area contributed by atoms with Gasteiger partial charge in [-0.2, -0.15) is 0 Å². The van der Waals surface area contributed by atoms with Crippen LogP contribution in [0.15, 0.2) is 16.5 Å². The van der Waals surface area contributed by atoms with Gasteiger partial charge < -0.3 is 14.6 Å². The Labute approximate surface area is 112 Å². The Balaban J connectivity index is 1.83. The van der Waals surface area contributed by atoms with E-state index in [1.807, 2.05) is 24.0 Å². The van der Waals surface area contributed by atoms with Gasteiger partial charge in [0.2, 0.25) is 11.8 Å². The van der Waals surface area contributed by atoms with Crippen LogP contribution in [0.1, 0.15) is 11.5 Å². The van der Waals surface area contributed by atoms with E-state index in [9.17, 15) is 9.59 Å². The van der Waals surface area contributed by atoms with Gasteiger partial charge in [-0.15, -0.1) is 0 Å². The lowest BCUT2D eigenvalue weighted by Crippen LogP contribution is -2.50. The number of hydrogen-bond acceptors (Lipinski definition) is 4. The number of rotatable bonds is 4. The summed E-state index contributed by atoms with van der Waals surface area (Å²) in [5.74, 6) is 1.57. The summed E-state index contributed by atoms with van der Waals surface area (Å²) in [7, 11) is 1.74. The molecule has 0 aliphatic carbocycles. The Kier molecular flexibility index (Phi) is 4.21. The minimum atomic E-state index is -0.0247. The summed E-state index contributed by atoms with van der Waals surface area (Å²) >= 11 is 0. The van der Waals surface area contributed by atoms with Gasteiger partial charge in [0.25, 0.3) is 0 Å². The second kappa shape index (κ2) is 5.88. The molecule has 1 saturated heterocycles. The number of aryl methyl sites for hydroxylation is 1. The van der Waals surface area contributed by atoms with Crippen molar-refractivity contribution < 1.29 is 14.0 Å². The molecule has 19 heavy (non-hydrogen) atoms. The highest BCUT2D eigenvalue weighted by atomic mass is 16.3. The third kappa shape index (κ3) is 3.82. The van der Waals surface area contributed by atoms with E-state index < -0.39 is 0 Å². The van der Waals surface area contributed by atoms with Crippen LogP contribution in [0.2, 0.25) is 0 Å². The topological polar surface area (TPSA) is 65.8 Å². The monoisotopic (exact) mass is 265 g/mol. The largest absolute Gasteiger partial charge is 0.464 e. The van der Waals surface area contributed by atoms with Crippen molar-refractivity contribution in [3.8, 4) is 0 Å². The standard InChI is InChI=1S/C13H19N3O3/c1-10-3-4-11(19-10)7-15(2)13(18)9-16-6-5-14-12(17)8-16/h3-4H,5-9H2,1-2H3,(H,14,17). The summed E-state index contributed by atoms with van der Waals surface area (Å²) in [6.07, 6.45) is 0. The van der Waals surface area contributed by atoms with Crippen molar-refractivity contribution in [2.24, 2.45) is 0 Å². The van der Waals surface area contributed by atoms with Crippen LogP contribution in [0.25, 0.3) is 0 Å². The van der Waals surface area contributed by atoms with Gasteiger partial charge >= 0.3 is 0 Å². The molecule has 1 aliphatic heterocycles. The van der Waals surface area contributed by atoms with Gasteiger partial charge in [0.15, 0.2) is 0 Å². The molecular weight excluding hydrogens is 246 g/mol. The normalized spacial score (nSPS) is 16.2. The van der Waals surface area contributed by atoms with Crippen molar-refractivity contribution in [3.63, 3.8) is 0 Å². The van der Waals surface area contributed by atoms with E-state index >= 15 is 0 Å². The molecule has 0 saturated carbocycles. The number of likely N-dealkylation sites (N-methyl/N-ethyl adjacent to an activating group) is 1. The van der Waals surface area contributed by atoms with E-state index in [0.29, 0.717) is 26.2 Å². The zero-order valence-corrected chi connectivity index (χ0v) is 11.3. The first-order chi connectivity index (χ1) is 9.04. The van der Waals surface area contributed by atoms with Gasteiger partial charge in [-0.3, -0.25) is 14.5 Å². The fourth-order valence-electron chi connectivity index (χ4n) is 2.03. The first-order valence-corrected chi connectivity index (χ1v) is 6.33. The molecular formula is C13H19N3O3. The average molecular weight is 265 g/mol. The lowest BCUT2D eigenvalue weighted by atomic mass is 10.3. The predicted molar refractivity (Wildman–Crippen MR) is 69.4 cm³/mol. The van der Waals surface area contributed by atoms with Crippen LogP contribution in [-0.4, -0.2) is 54.8 Å². The van der Waals surface area contributed by atoms with Gasteiger partial charge in [0.1, 0.15) is 11.5 Å². The van der Waals surface area contributed by atoms with Crippen molar-refractivity contribution in [1.82, 2.24) is 15.1 Å². The number of nitrogens with one attached hydrogen (secondary N) is 1. The first kappa shape index (κ1) is 13.6. The average Bonchev–Trinajstić information content (AvgIpc) is 2.74. The summed E-state index contributed by atoms with van der Waals surface area (Å²) < 4.78 is 5.44. The molecule has 2 rings (SSSR count). The Hall–Kier alpha value is -1.82. The molecule has 0 atom stereocenters. The Morgan fingerprint density at radius 2 is 2.32 bits per heavy atom. The summed E-state index contributed by atoms with van der Waals surface area (Å²) in [5, 5.41) is 2.74. The number of hydrogen-bond donors (Lipinski definition) is 1. The Bertz CT molecular complexity index is 469. The lowest BCUT2D eigenvalue weighted by Gasteiger charge is -2.27. The van der Waals surface area contributed by atoms with Gasteiger partial charge in [-0.1, -0.05) is 0 Å². The molecule has 0 bridgehead atoms. The van der Waals surface area contributed by atoms with E-state index in [2.05, 4.69) is 5.32 Å². The van der Waals surface area contributed by atoms with E-state index in [0.717, 1.165) is 11.5 Å². The third-order valence-electron chi connectivity index (χ3n) is 3.09. The van der Waals surface area contributed by atoms with E-state index in [-0.39, 0.29) is 18.4 Å². The molecule has 1 N–H and O–H groups in total. The maximum Gasteiger partial charge on any atom is 0.236 e. The highest BCUT2D eigenvalue weighted by Crippen LogP contribution is 2.09. The van der Waals surface area contributed by atoms with E-state index in [1.165, 1.54) is 0 Å². The van der Waals surface area contributed by atoms with Crippen molar-refractivity contribution in [2.75, 3.05) is 33.2 Å². The van der Waals surface area contributed by atoms with Crippen molar-refractivity contribution in [2.45, 2.75) is 13.5 Å². The van der Waals surface area contributed by atoms with Crippen LogP contribution in [-0.2, 0) is 16.1 Å². The molecule has 6 nitrogen and oxygen atoms in total. The number of carbonyl (C=O) groups is 2. The number of piperazine rings is 1. The predicted octanol–water partition coefficient (Wildman–Crippen LogP) is -0.0218. The molecule has 2 heterocycles. The minimum absolute atomic E-state index is 0.0104. The Morgan fingerprint density at radius 1 is 1.53 bits per heavy atom. The highest BCUT2D eigenvalue weighted by molar-refractivity contribution is 5.81. The van der Waals surface area contributed by atoms with Crippen LogP contribution in [0.5, 0.6) is 0 Å². The fraction of sp³-hybridized carbons (Fsp3) is 0.538. The van der Waals surface area contributed by atoms with Crippen molar-refractivity contribution in [1.29, 1.82) is 0 Å². The summed E-state index contributed by atoms with van der Waals surface area (Å²) in [6.45, 7) is 4.20. The van der Waals surface area contributed by atoms with Gasteiger partial charge in [-0.25, -0.2) is 0 Å². The van der Waals surface area contributed by atoms with Crippen LogP contribution >= 0.6 is 0 Å². The third-order valence-corrected chi connectivity index (χ3v) is 3.09. The molecule has 0 spiro atoms. The SMILES string of the molecule is Cc1ccc(CN(C)C(=O)CN2CCNC(=O)C2)o1. The van der Waals surface area contributed by atoms with Crippen LogP contribution in [0.4, 0.5) is 0 Å². The van der Waals surface area contributed by atoms with Crippen molar-refractivity contribution in [3.05, 3.63) is 23.7 Å². The van der Waals surface area contributed by atoms with E-state index in [4.69, 9.17) is 4.42 Å². The molecule has 1 aromatic heterocycles. The lowest BCUT2D eigenvalue weighted by molar-refractivity contribution is -0.133. The zero-order chi connectivity index (χ0) is 13.8. The van der Waals surface area contributed by atoms with E-state index in [1.54, 1.807) is 11.9 Å². The number of nitrogens with zero attached hydrogens (tertiary/aromatic N) is 2. The van der Waals surface area contributed by atoms with Gasteiger partial charge in [0, 0.05) is 20.1 Å². The highest BCUT2D eigenvalue weighted by Gasteiger charge is 2.20. The minimum Gasteiger partial charge on any atom is -0.464 e. The van der Waals surface area contributed by atoms with Gasteiger partial charge in [0.05, 0.1) is 19.6 Å². The number of furan rings is 1. The maximum absolute atomic E-state index is 12.0. The molecule has 1 fully saturated rings. The second-order valence-electron chi connectivity index (χ2n) is 4.82. The molecule has 0 aromatic carbocycles. The van der Waals surface area contributed by atoms with Gasteiger partial charge in [-0.05, 0) is 19.1 Å². The first-order valence-electron chi connectivity index (χ1n) is 6.33. The Morgan fingerprint density at radius 3 is 2.95 bits per heavy atom. The second-order valence-corrected chi connectivity index (χ2v) is 4.82. The molecule has 1 aliphatic rings. The van der Waals surface area contributed by atoms with Crippen LogP contribution in [0.3, 0.4) is 0 Å².